The minimum absolute atomic E-state index is 0.116. The Hall–Kier alpha value is -15.3. The zero-order chi connectivity index (χ0) is 94.8. The number of anilines is 6. The Morgan fingerprint density at radius 3 is 1.27 bits per heavy atom. The molecule has 0 saturated carbocycles. The van der Waals surface area contributed by atoms with Gasteiger partial charge >= 0.3 is 0 Å². The van der Waals surface area contributed by atoms with Crippen molar-refractivity contribution in [2.24, 2.45) is 0 Å². The molecule has 0 amide bonds. The predicted octanol–water partition coefficient (Wildman–Crippen LogP) is 18.6. The van der Waals surface area contributed by atoms with Crippen molar-refractivity contribution in [1.82, 2.24) is 140 Å². The maximum absolute atomic E-state index is 13.5. The Labute approximate surface area is 757 Å². The predicted molar refractivity (Wildman–Crippen MR) is 520 cm³/mol. The van der Waals surface area contributed by atoms with Gasteiger partial charge in [-0.15, -0.1) is 0 Å². The normalized spacial score (nSPS) is 11.3. The molecule has 36 nitrogen and oxygen atoms in total. The number of nitrogens with one attached hydrogen (secondary N) is 2. The number of nitrogens with two attached hydrogens (primary N) is 5. The third-order valence-corrected chi connectivity index (χ3v) is 20.6. The smallest absolute Gasteiger partial charge is 0.280 e. The highest BCUT2D eigenvalue weighted by Crippen LogP contribution is 2.30. The summed E-state index contributed by atoms with van der Waals surface area (Å²) in [6.07, 6.45) is 32.8. The fourth-order valence-electron chi connectivity index (χ4n) is 13.8. The van der Waals surface area contributed by atoms with E-state index in [-0.39, 0.29) is 41.3 Å². The van der Waals surface area contributed by atoms with Gasteiger partial charge in [-0.3, -0.25) is 9.78 Å². The van der Waals surface area contributed by atoms with Gasteiger partial charge in [0.2, 0.25) is 5.95 Å². The van der Waals surface area contributed by atoms with Gasteiger partial charge in [0.15, 0.2) is 56.9 Å². The second-order valence-corrected chi connectivity index (χ2v) is 33.3. The van der Waals surface area contributed by atoms with Crippen molar-refractivity contribution in [3.05, 3.63) is 220 Å². The number of pyridine rings is 7. The number of nitrogens with zero attached hydrogens (tertiary/aromatic N) is 28. The van der Waals surface area contributed by atoms with Gasteiger partial charge in [-0.2, -0.15) is 4.98 Å². The van der Waals surface area contributed by atoms with Crippen molar-refractivity contribution in [3.63, 3.8) is 0 Å². The molecule has 0 aliphatic carbocycles. The molecule has 20 heterocycles. The lowest BCUT2D eigenvalue weighted by atomic mass is 10.3. The standard InChI is InChI=1S/C10H12FN3.C10H11FN2.C10H15N5.C10H13N3.C10H12N2.C9H12N4.2C9H11N3.C8H11N5O.C8H11N5/c1-6(2)14-5-7(11)9-8(12)3-4-13-10(9)14;1-7(2)13-6-9(11)8-4-3-5-12-10(8)13;1-4-11-9-8-10(13-5-12-9)15(6-14-8)7(2)3;1-7(2)13-6-4-8-9(11)3-5-12-10(8)13;1-8(2)12-7-5-9-4-3-6-11-10(9)12;1-6(2)13-5-12-8-7(10)3-4-11-9(8)13;2*1-7(2)12-6-11-8-4-3-5-10-9(8)12;1-4(2)13-3-10-5-6(13)11-8(9)12-7(5)14;1-5(2)13-4-12-6-7(9)10-3-11-8(6)13/h3-6H,1-2H3,(H2,12,13);3-7H,1-2H3;5-7H,4H2,1-3H3,(H,11,12,13);3-7H,1-2H3,(H2,11,12);3-8H,1-2H3;3-6H,1-2H3,(H2,10,11);2*3-7H,1-2H3;3-4H,1-2H3,(H3,9,11,12,14);3-5H,1-2H3,(H2,9,10,11). The number of hydrogen-bond donors (Lipinski definition) is 7. The molecule has 20 aromatic heterocycles. The molecule has 0 bridgehead atoms. The van der Waals surface area contributed by atoms with Crippen molar-refractivity contribution in [2.45, 2.75) is 206 Å². The number of aromatic nitrogens is 29. The molecule has 131 heavy (non-hydrogen) atoms. The fourth-order valence-corrected chi connectivity index (χ4v) is 13.8. The maximum atomic E-state index is 13.5. The minimum Gasteiger partial charge on any atom is -0.398 e. The van der Waals surface area contributed by atoms with E-state index >= 15 is 0 Å². The van der Waals surface area contributed by atoms with E-state index in [1.807, 2.05) is 141 Å². The lowest BCUT2D eigenvalue weighted by Gasteiger charge is -2.07. The summed E-state index contributed by atoms with van der Waals surface area (Å²) < 4.78 is 46.6. The van der Waals surface area contributed by atoms with Crippen LogP contribution in [0.5, 0.6) is 0 Å². The van der Waals surface area contributed by atoms with E-state index in [0.29, 0.717) is 92.6 Å². The first-order valence-corrected chi connectivity index (χ1v) is 43.4. The van der Waals surface area contributed by atoms with Crippen LogP contribution in [-0.2, 0) is 0 Å². The van der Waals surface area contributed by atoms with Crippen molar-refractivity contribution in [2.75, 3.05) is 40.5 Å². The van der Waals surface area contributed by atoms with Gasteiger partial charge < -0.3 is 79.7 Å². The quantitative estimate of drug-likeness (QED) is 0.0597. The van der Waals surface area contributed by atoms with E-state index in [2.05, 4.69) is 234 Å². The van der Waals surface area contributed by atoms with Gasteiger partial charge in [0.1, 0.15) is 68.6 Å². The van der Waals surface area contributed by atoms with Crippen LogP contribution in [0.4, 0.5) is 43.4 Å². The number of hydrogen-bond acceptors (Lipinski definition) is 25. The molecule has 0 aliphatic heterocycles. The highest BCUT2D eigenvalue weighted by atomic mass is 19.1. The summed E-state index contributed by atoms with van der Waals surface area (Å²) in [5, 5.41) is 6.44. The van der Waals surface area contributed by atoms with Gasteiger partial charge in [0.25, 0.3) is 5.56 Å². The first kappa shape index (κ1) is 96.4. The summed E-state index contributed by atoms with van der Waals surface area (Å²) in [4.78, 5) is 89.1. The minimum atomic E-state index is -0.306. The average molecular weight is 1780 g/mol. The monoisotopic (exact) mass is 1780 g/mol. The Morgan fingerprint density at radius 2 is 0.718 bits per heavy atom. The van der Waals surface area contributed by atoms with Crippen molar-refractivity contribution in [1.29, 1.82) is 0 Å². The van der Waals surface area contributed by atoms with Crippen LogP contribution in [0.2, 0.25) is 0 Å². The Morgan fingerprint density at radius 1 is 0.328 bits per heavy atom. The first-order chi connectivity index (χ1) is 62.6. The molecule has 20 aromatic rings. The Bertz CT molecular complexity index is 6770. The van der Waals surface area contributed by atoms with Crippen LogP contribution < -0.4 is 39.5 Å². The first-order valence-electron chi connectivity index (χ1n) is 43.4. The highest BCUT2D eigenvalue weighted by molar-refractivity contribution is 5.90. The van der Waals surface area contributed by atoms with Crippen LogP contribution in [0.15, 0.2) is 202 Å². The number of halogens is 2. The summed E-state index contributed by atoms with van der Waals surface area (Å²) in [5.41, 5.74) is 42.9. The molecule has 0 fully saturated rings. The van der Waals surface area contributed by atoms with Crippen LogP contribution in [0.3, 0.4) is 0 Å². The second-order valence-electron chi connectivity index (χ2n) is 33.3. The Balaban J connectivity index is 0.000000141. The molecule has 0 aromatic carbocycles. The summed E-state index contributed by atoms with van der Waals surface area (Å²) in [5.74, 6) is 0.854. The summed E-state index contributed by atoms with van der Waals surface area (Å²) in [6.45, 7) is 44.4. The molecule has 0 aliphatic rings. The number of fused-ring (bicyclic) bond motifs is 10. The van der Waals surface area contributed by atoms with Crippen LogP contribution in [-0.4, -0.2) is 147 Å². The average Bonchev–Trinajstić information content (AvgIpc) is 1.64. The molecule has 0 radical (unpaired) electrons. The summed E-state index contributed by atoms with van der Waals surface area (Å²) in [7, 11) is 0. The lowest BCUT2D eigenvalue weighted by Crippen LogP contribution is -2.12. The molecule has 0 atom stereocenters. The van der Waals surface area contributed by atoms with Crippen LogP contribution >= 0.6 is 0 Å². The van der Waals surface area contributed by atoms with Gasteiger partial charge in [0, 0.05) is 157 Å². The molecule has 12 N–H and O–H groups in total. The van der Waals surface area contributed by atoms with Gasteiger partial charge in [-0.05, 0) is 224 Å². The lowest BCUT2D eigenvalue weighted by molar-refractivity contribution is 0.585. The number of nitrogen functional groups attached to an aromatic ring is 5. The molecule has 686 valence electrons. The van der Waals surface area contributed by atoms with Crippen LogP contribution in [0.25, 0.3) is 111 Å². The molecule has 38 heteroatoms. The molecule has 0 unspecified atom stereocenters. The molecule has 20 rings (SSSR count). The SMILES string of the molecule is CC(C)n1cc(F)c2c(N)ccnc21.CC(C)n1cc(F)c2cccnc21.CC(C)n1ccc2c(N)ccnc21.CC(C)n1ccc2cccnc21.CC(C)n1cnc2c(=O)[nH]c(N)nc21.CC(C)n1cnc2c(N)ccnc21.CC(C)n1cnc2c(N)ncnc21.CC(C)n1cnc2cccnc21.CC(C)n1cnc2cccnc21.CCNc1ncnc2c1ncn2C(C)C. The summed E-state index contributed by atoms with van der Waals surface area (Å²) in [6, 6.07) is 28.0. The van der Waals surface area contributed by atoms with Gasteiger partial charge in [0.05, 0.1) is 54.4 Å². The van der Waals surface area contributed by atoms with Crippen molar-refractivity contribution in [3.8, 4) is 0 Å². The highest BCUT2D eigenvalue weighted by Gasteiger charge is 2.18. The maximum Gasteiger partial charge on any atom is 0.280 e. The van der Waals surface area contributed by atoms with Crippen molar-refractivity contribution >= 4 is 146 Å². The zero-order valence-electron chi connectivity index (χ0n) is 78.0. The number of imidazole rings is 6. The van der Waals surface area contributed by atoms with Gasteiger partial charge in [-0.1, -0.05) is 0 Å². The third kappa shape index (κ3) is 22.6. The van der Waals surface area contributed by atoms with E-state index in [0.717, 1.165) is 90.7 Å². The summed E-state index contributed by atoms with van der Waals surface area (Å²) >= 11 is 0. The van der Waals surface area contributed by atoms with E-state index in [1.54, 1.807) is 95.9 Å². The molecular formula is C93H119F2N35O. The number of aromatic amines is 1. The second kappa shape index (κ2) is 43.5. The topological polar surface area (TPSA) is 456 Å². The zero-order valence-corrected chi connectivity index (χ0v) is 78.0. The molecule has 0 spiro atoms. The van der Waals surface area contributed by atoms with Crippen LogP contribution in [0.1, 0.15) is 206 Å². The van der Waals surface area contributed by atoms with Gasteiger partial charge in [-0.25, -0.2) is 93.5 Å². The van der Waals surface area contributed by atoms with E-state index in [1.165, 1.54) is 24.1 Å². The van der Waals surface area contributed by atoms with E-state index in [9.17, 15) is 13.6 Å². The largest absolute Gasteiger partial charge is 0.398 e. The number of H-pyrrole nitrogens is 1. The fraction of sp³-hybridized carbons (Fsp3) is 0.344. The molecule has 0 saturated heterocycles. The van der Waals surface area contributed by atoms with Crippen molar-refractivity contribution < 1.29 is 8.78 Å². The molecular weight excluding hydrogens is 1660 g/mol. The van der Waals surface area contributed by atoms with E-state index < -0.39 is 0 Å². The van der Waals surface area contributed by atoms with Crippen LogP contribution in [0, 0.1) is 11.6 Å². The Kier molecular flexibility index (Phi) is 32.0. The number of rotatable bonds is 12. The van der Waals surface area contributed by atoms with E-state index in [4.69, 9.17) is 28.7 Å². The third-order valence-electron chi connectivity index (χ3n) is 20.6.